The van der Waals surface area contributed by atoms with Crippen LogP contribution >= 0.6 is 34.7 Å². The average molecular weight is 256 g/mol. The first kappa shape index (κ1) is 11.0. The Hall–Kier alpha value is -0.510. The quantitative estimate of drug-likeness (QED) is 0.745. The second kappa shape index (κ2) is 5.01. The number of rotatable bonds is 3. The summed E-state index contributed by atoms with van der Waals surface area (Å²) in [6.45, 7) is 2.15. The van der Waals surface area contributed by atoms with E-state index in [9.17, 15) is 0 Å². The lowest BCUT2D eigenvalue weighted by Gasteiger charge is -1.99. The third-order valence-corrected chi connectivity index (χ3v) is 4.00. The van der Waals surface area contributed by atoms with E-state index in [1.807, 2.05) is 17.1 Å². The second-order valence-corrected chi connectivity index (χ2v) is 5.52. The predicted octanol–water partition coefficient (Wildman–Crippen LogP) is 4.58. The van der Waals surface area contributed by atoms with Crippen LogP contribution in [-0.2, 0) is 0 Å². The van der Waals surface area contributed by atoms with E-state index in [4.69, 9.17) is 11.6 Å². The van der Waals surface area contributed by atoms with E-state index in [2.05, 4.69) is 36.2 Å². The summed E-state index contributed by atoms with van der Waals surface area (Å²) in [4.78, 5) is 5.53. The Morgan fingerprint density at radius 1 is 1.33 bits per heavy atom. The summed E-state index contributed by atoms with van der Waals surface area (Å²) in [7, 11) is 0. The van der Waals surface area contributed by atoms with Gasteiger partial charge in [0.15, 0.2) is 0 Å². The molecular formula is C11H10ClNS2. The molecule has 0 aliphatic heterocycles. The van der Waals surface area contributed by atoms with Crippen molar-refractivity contribution in [1.29, 1.82) is 0 Å². The highest BCUT2D eigenvalue weighted by Gasteiger charge is 2.02. The van der Waals surface area contributed by atoms with E-state index in [1.165, 1.54) is 4.90 Å². The van der Waals surface area contributed by atoms with Gasteiger partial charge in [-0.3, -0.25) is 0 Å². The molecule has 0 fully saturated rings. The number of thiazole rings is 1. The van der Waals surface area contributed by atoms with Crippen molar-refractivity contribution in [1.82, 2.24) is 4.98 Å². The molecule has 0 N–H and O–H groups in total. The zero-order valence-electron chi connectivity index (χ0n) is 8.24. The molecule has 0 aliphatic rings. The molecule has 1 nitrogen and oxygen atoms in total. The summed E-state index contributed by atoms with van der Waals surface area (Å²) in [6, 6.07) is 8.43. The zero-order chi connectivity index (χ0) is 10.7. The maximum absolute atomic E-state index is 5.79. The van der Waals surface area contributed by atoms with Crippen LogP contribution in [0, 0.1) is 0 Å². The number of benzene rings is 1. The molecule has 0 saturated carbocycles. The number of thioether (sulfide) groups is 1. The molecule has 2 aromatic rings. The average Bonchev–Trinajstić information content (AvgIpc) is 2.67. The molecule has 0 aliphatic carbocycles. The molecule has 1 aromatic carbocycles. The Bertz CT molecular complexity index is 436. The van der Waals surface area contributed by atoms with E-state index in [0.29, 0.717) is 5.15 Å². The Morgan fingerprint density at radius 3 is 2.60 bits per heavy atom. The maximum Gasteiger partial charge on any atom is 0.140 e. The van der Waals surface area contributed by atoms with Gasteiger partial charge >= 0.3 is 0 Å². The van der Waals surface area contributed by atoms with Gasteiger partial charge in [0.25, 0.3) is 0 Å². The minimum atomic E-state index is 0.571. The standard InChI is InChI=1S/C11H10ClNS2/c1-2-14-9-5-3-8(4-6-9)11-13-10(12)7-15-11/h3-7H,2H2,1H3. The number of hydrogen-bond donors (Lipinski definition) is 0. The van der Waals surface area contributed by atoms with Crippen LogP contribution in [0.3, 0.4) is 0 Å². The third-order valence-electron chi connectivity index (χ3n) is 1.89. The number of nitrogens with zero attached hydrogens (tertiary/aromatic N) is 1. The predicted molar refractivity (Wildman–Crippen MR) is 69.0 cm³/mol. The monoisotopic (exact) mass is 255 g/mol. The van der Waals surface area contributed by atoms with Crippen molar-refractivity contribution >= 4 is 34.7 Å². The summed E-state index contributed by atoms with van der Waals surface area (Å²) in [5.74, 6) is 1.10. The Labute approximate surface area is 103 Å². The molecule has 0 bridgehead atoms. The minimum absolute atomic E-state index is 0.571. The van der Waals surface area contributed by atoms with Crippen molar-refractivity contribution in [2.45, 2.75) is 11.8 Å². The first-order chi connectivity index (χ1) is 7.29. The summed E-state index contributed by atoms with van der Waals surface area (Å²) in [5.41, 5.74) is 1.13. The van der Waals surface area contributed by atoms with Gasteiger partial charge in [-0.05, 0) is 17.9 Å². The summed E-state index contributed by atoms with van der Waals surface area (Å²) < 4.78 is 0. The molecule has 0 saturated heterocycles. The topological polar surface area (TPSA) is 12.9 Å². The van der Waals surface area contributed by atoms with Gasteiger partial charge in [-0.25, -0.2) is 4.98 Å². The van der Waals surface area contributed by atoms with Crippen molar-refractivity contribution in [2.75, 3.05) is 5.75 Å². The first-order valence-corrected chi connectivity index (χ1v) is 6.88. The Morgan fingerprint density at radius 2 is 2.07 bits per heavy atom. The van der Waals surface area contributed by atoms with E-state index < -0.39 is 0 Å². The molecular weight excluding hydrogens is 246 g/mol. The molecule has 0 radical (unpaired) electrons. The van der Waals surface area contributed by atoms with Crippen LogP contribution in [0.4, 0.5) is 0 Å². The maximum atomic E-state index is 5.79. The van der Waals surface area contributed by atoms with Gasteiger partial charge in [0.2, 0.25) is 0 Å². The third kappa shape index (κ3) is 2.74. The van der Waals surface area contributed by atoms with Gasteiger partial charge in [-0.2, -0.15) is 0 Å². The van der Waals surface area contributed by atoms with Crippen molar-refractivity contribution < 1.29 is 0 Å². The number of halogens is 1. The SMILES string of the molecule is CCSc1ccc(-c2nc(Cl)cs2)cc1. The molecule has 2 rings (SSSR count). The van der Waals surface area contributed by atoms with Crippen LogP contribution in [0.2, 0.25) is 5.15 Å². The van der Waals surface area contributed by atoms with Crippen molar-refractivity contribution in [3.8, 4) is 10.6 Å². The molecule has 78 valence electrons. The molecule has 1 heterocycles. The Kier molecular flexibility index (Phi) is 3.67. The lowest BCUT2D eigenvalue weighted by Crippen LogP contribution is -1.77. The van der Waals surface area contributed by atoms with Crippen LogP contribution in [0.15, 0.2) is 34.5 Å². The van der Waals surface area contributed by atoms with Crippen LogP contribution < -0.4 is 0 Å². The van der Waals surface area contributed by atoms with Gasteiger partial charge in [0, 0.05) is 15.8 Å². The first-order valence-electron chi connectivity index (χ1n) is 4.64. The molecule has 4 heteroatoms. The van der Waals surface area contributed by atoms with Crippen molar-refractivity contribution in [3.05, 3.63) is 34.8 Å². The van der Waals surface area contributed by atoms with Crippen LogP contribution in [0.5, 0.6) is 0 Å². The Balaban J connectivity index is 2.23. The van der Waals surface area contributed by atoms with Gasteiger partial charge in [-0.1, -0.05) is 30.7 Å². The number of aromatic nitrogens is 1. The molecule has 0 unspecified atom stereocenters. The van der Waals surface area contributed by atoms with E-state index >= 15 is 0 Å². The largest absolute Gasteiger partial charge is 0.224 e. The van der Waals surface area contributed by atoms with Crippen molar-refractivity contribution in [3.63, 3.8) is 0 Å². The van der Waals surface area contributed by atoms with Gasteiger partial charge in [-0.15, -0.1) is 23.1 Å². The van der Waals surface area contributed by atoms with Gasteiger partial charge in [0.1, 0.15) is 10.2 Å². The second-order valence-electron chi connectivity index (χ2n) is 2.93. The highest BCUT2D eigenvalue weighted by Crippen LogP contribution is 2.27. The fourth-order valence-corrected chi connectivity index (χ4v) is 2.86. The fraction of sp³-hybridized carbons (Fsp3) is 0.182. The van der Waals surface area contributed by atoms with Crippen LogP contribution in [0.1, 0.15) is 6.92 Å². The van der Waals surface area contributed by atoms with Crippen LogP contribution in [-0.4, -0.2) is 10.7 Å². The van der Waals surface area contributed by atoms with Gasteiger partial charge < -0.3 is 0 Å². The lowest BCUT2D eigenvalue weighted by atomic mass is 10.2. The summed E-state index contributed by atoms with van der Waals surface area (Å²) in [5, 5.41) is 3.40. The van der Waals surface area contributed by atoms with Gasteiger partial charge in [0.05, 0.1) is 0 Å². The lowest BCUT2D eigenvalue weighted by molar-refractivity contribution is 1.38. The fourth-order valence-electron chi connectivity index (χ4n) is 1.25. The number of hydrogen-bond acceptors (Lipinski definition) is 3. The van der Waals surface area contributed by atoms with E-state index in [-0.39, 0.29) is 0 Å². The molecule has 0 amide bonds. The molecule has 0 atom stereocenters. The summed E-state index contributed by atoms with van der Waals surface area (Å²) in [6.07, 6.45) is 0. The van der Waals surface area contributed by atoms with E-state index in [0.717, 1.165) is 16.3 Å². The van der Waals surface area contributed by atoms with E-state index in [1.54, 1.807) is 11.3 Å². The molecule has 1 aromatic heterocycles. The summed E-state index contributed by atoms with van der Waals surface area (Å²) >= 11 is 9.20. The molecule has 0 spiro atoms. The molecule has 15 heavy (non-hydrogen) atoms. The van der Waals surface area contributed by atoms with Crippen molar-refractivity contribution in [2.24, 2.45) is 0 Å². The van der Waals surface area contributed by atoms with Crippen LogP contribution in [0.25, 0.3) is 10.6 Å². The minimum Gasteiger partial charge on any atom is -0.224 e. The normalized spacial score (nSPS) is 10.5. The highest BCUT2D eigenvalue weighted by atomic mass is 35.5. The smallest absolute Gasteiger partial charge is 0.140 e. The zero-order valence-corrected chi connectivity index (χ0v) is 10.6. The highest BCUT2D eigenvalue weighted by molar-refractivity contribution is 7.99.